The lowest BCUT2D eigenvalue weighted by Gasteiger charge is -2.41. The van der Waals surface area contributed by atoms with Crippen molar-refractivity contribution in [1.29, 1.82) is 0 Å². The van der Waals surface area contributed by atoms with Crippen LogP contribution in [0.25, 0.3) is 28.3 Å². The summed E-state index contributed by atoms with van der Waals surface area (Å²) in [4.78, 5) is 20.1. The Morgan fingerprint density at radius 2 is 1.89 bits per heavy atom. The summed E-state index contributed by atoms with van der Waals surface area (Å²) < 4.78 is 1.76. The highest BCUT2D eigenvalue weighted by Gasteiger charge is 2.40. The number of aromatic nitrogens is 6. The highest BCUT2D eigenvalue weighted by atomic mass is 16.3. The van der Waals surface area contributed by atoms with E-state index >= 15 is 0 Å². The van der Waals surface area contributed by atoms with E-state index < -0.39 is 6.10 Å². The summed E-state index contributed by atoms with van der Waals surface area (Å²) in [5, 5.41) is 15.5. The van der Waals surface area contributed by atoms with E-state index in [-0.39, 0.29) is 11.6 Å². The van der Waals surface area contributed by atoms with E-state index in [2.05, 4.69) is 58.9 Å². The molecule has 8 heteroatoms. The fourth-order valence-electron chi connectivity index (χ4n) is 5.37. The van der Waals surface area contributed by atoms with Gasteiger partial charge < -0.3 is 10.1 Å². The first-order chi connectivity index (χ1) is 17.8. The maximum Gasteiger partial charge on any atom is 0.155 e. The minimum Gasteiger partial charge on any atom is -0.391 e. The Hall–Kier alpha value is -3.88. The van der Waals surface area contributed by atoms with Crippen LogP contribution in [0.2, 0.25) is 0 Å². The quantitative estimate of drug-likeness (QED) is 0.367. The van der Waals surface area contributed by atoms with Gasteiger partial charge in [0.15, 0.2) is 5.65 Å². The van der Waals surface area contributed by atoms with Gasteiger partial charge in [0.2, 0.25) is 0 Å². The number of rotatable bonds is 5. The maximum atomic E-state index is 11.2. The van der Waals surface area contributed by atoms with Gasteiger partial charge in [-0.05, 0) is 63.1 Å². The minimum absolute atomic E-state index is 0.114. The molecule has 37 heavy (non-hydrogen) atoms. The number of fused-ring (bicyclic) bond motifs is 2. The summed E-state index contributed by atoms with van der Waals surface area (Å²) in [6.45, 7) is 9.09. The summed E-state index contributed by atoms with van der Waals surface area (Å²) in [5.41, 5.74) is 7.33. The Labute approximate surface area is 216 Å². The number of aliphatic hydroxyl groups excluding tert-OH is 1. The molecule has 188 valence electrons. The smallest absolute Gasteiger partial charge is 0.155 e. The van der Waals surface area contributed by atoms with Gasteiger partial charge in [0.25, 0.3) is 0 Å². The fourth-order valence-corrected chi connectivity index (χ4v) is 5.37. The van der Waals surface area contributed by atoms with E-state index in [0.29, 0.717) is 13.0 Å². The molecule has 5 aromatic rings. The molecule has 6 rings (SSSR count). The SMILES string of the molecule is Cc1cccc(-c2nc(CN([C@H]3c4ccccc4C[C@H]3O)C(C)(C)C)[nH]c2-c2ccc3ncnn3c2)n1. The molecule has 0 amide bonds. The minimum atomic E-state index is -0.473. The number of pyridine rings is 2. The van der Waals surface area contributed by atoms with E-state index in [4.69, 9.17) is 9.97 Å². The third-order valence-electron chi connectivity index (χ3n) is 7.13. The number of hydrogen-bond acceptors (Lipinski definition) is 6. The Balaban J connectivity index is 1.45. The van der Waals surface area contributed by atoms with Crippen molar-refractivity contribution in [2.75, 3.05) is 0 Å². The first-order valence-corrected chi connectivity index (χ1v) is 12.6. The predicted octanol–water partition coefficient (Wildman–Crippen LogP) is 4.75. The van der Waals surface area contributed by atoms with E-state index in [1.54, 1.807) is 10.8 Å². The molecule has 0 saturated heterocycles. The molecule has 0 bridgehead atoms. The second kappa shape index (κ2) is 8.90. The fraction of sp³-hybridized carbons (Fsp3) is 0.310. The van der Waals surface area contributed by atoms with E-state index in [1.165, 1.54) is 11.1 Å². The number of nitrogens with one attached hydrogen (secondary N) is 1. The molecule has 4 heterocycles. The van der Waals surface area contributed by atoms with Crippen LogP contribution in [-0.2, 0) is 13.0 Å². The summed E-state index contributed by atoms with van der Waals surface area (Å²) in [6.07, 6.45) is 3.69. The zero-order valence-electron chi connectivity index (χ0n) is 21.6. The van der Waals surface area contributed by atoms with Gasteiger partial charge in [-0.1, -0.05) is 30.3 Å². The molecule has 0 unspecified atom stereocenters. The summed E-state index contributed by atoms with van der Waals surface area (Å²) >= 11 is 0. The first-order valence-electron chi connectivity index (χ1n) is 12.6. The molecule has 0 spiro atoms. The average molecular weight is 494 g/mol. The number of aliphatic hydroxyl groups is 1. The molecule has 0 aliphatic heterocycles. The average Bonchev–Trinajstić information content (AvgIpc) is 3.58. The third-order valence-corrected chi connectivity index (χ3v) is 7.13. The molecule has 1 aromatic carbocycles. The van der Waals surface area contributed by atoms with Crippen molar-refractivity contribution in [1.82, 2.24) is 34.4 Å². The van der Waals surface area contributed by atoms with Crippen LogP contribution in [-0.4, -0.2) is 51.2 Å². The molecule has 2 atom stereocenters. The van der Waals surface area contributed by atoms with Crippen molar-refractivity contribution in [2.45, 2.75) is 58.3 Å². The van der Waals surface area contributed by atoms with Gasteiger partial charge in [-0.3, -0.25) is 9.88 Å². The van der Waals surface area contributed by atoms with Gasteiger partial charge in [0.05, 0.1) is 30.1 Å². The van der Waals surface area contributed by atoms with Crippen LogP contribution in [0.4, 0.5) is 0 Å². The standard InChI is InChI=1S/C29H31N7O/c1-18-8-7-11-22(32-18)27-26(20-12-13-25-30-17-31-36(25)15-20)33-24(34-27)16-35(29(2,3)4)28-21-10-6-5-9-19(21)14-23(28)37/h5-13,15,17,23,28,37H,14,16H2,1-4H3,(H,33,34)/t23-,28+/m1/s1. The van der Waals surface area contributed by atoms with E-state index in [9.17, 15) is 5.11 Å². The van der Waals surface area contributed by atoms with Crippen LogP contribution in [0.5, 0.6) is 0 Å². The normalized spacial score (nSPS) is 17.6. The Morgan fingerprint density at radius 1 is 1.05 bits per heavy atom. The number of H-pyrrole nitrogens is 1. The molecule has 1 aliphatic carbocycles. The number of aryl methyl sites for hydroxylation is 1. The Morgan fingerprint density at radius 3 is 2.70 bits per heavy atom. The highest BCUT2D eigenvalue weighted by molar-refractivity contribution is 5.77. The topological polar surface area (TPSA) is 95.2 Å². The summed E-state index contributed by atoms with van der Waals surface area (Å²) in [7, 11) is 0. The molecule has 1 aliphatic rings. The predicted molar refractivity (Wildman–Crippen MR) is 143 cm³/mol. The Bertz CT molecular complexity index is 1580. The van der Waals surface area contributed by atoms with Crippen molar-refractivity contribution in [2.24, 2.45) is 0 Å². The molecule has 0 radical (unpaired) electrons. The molecule has 0 fully saturated rings. The zero-order chi connectivity index (χ0) is 25.7. The molecular weight excluding hydrogens is 462 g/mol. The summed E-state index contributed by atoms with van der Waals surface area (Å²) in [5.74, 6) is 0.818. The van der Waals surface area contributed by atoms with Gasteiger partial charge in [-0.25, -0.2) is 14.5 Å². The lowest BCUT2D eigenvalue weighted by atomic mass is 9.98. The van der Waals surface area contributed by atoms with Gasteiger partial charge in [0, 0.05) is 29.4 Å². The lowest BCUT2D eigenvalue weighted by Crippen LogP contribution is -2.46. The highest BCUT2D eigenvalue weighted by Crippen LogP contribution is 2.40. The first kappa shape index (κ1) is 23.5. The van der Waals surface area contributed by atoms with Crippen molar-refractivity contribution >= 4 is 5.65 Å². The van der Waals surface area contributed by atoms with Crippen molar-refractivity contribution in [3.63, 3.8) is 0 Å². The van der Waals surface area contributed by atoms with Crippen LogP contribution in [0.1, 0.15) is 49.5 Å². The molecule has 8 nitrogen and oxygen atoms in total. The van der Waals surface area contributed by atoms with Crippen LogP contribution in [0.3, 0.4) is 0 Å². The monoisotopic (exact) mass is 493 g/mol. The van der Waals surface area contributed by atoms with E-state index in [0.717, 1.165) is 39.8 Å². The van der Waals surface area contributed by atoms with Crippen LogP contribution < -0.4 is 0 Å². The van der Waals surface area contributed by atoms with Gasteiger partial charge in [-0.15, -0.1) is 0 Å². The Kier molecular flexibility index (Phi) is 5.66. The van der Waals surface area contributed by atoms with Crippen LogP contribution in [0, 0.1) is 6.92 Å². The molecular formula is C29H31N7O. The second-order valence-corrected chi connectivity index (χ2v) is 10.8. The van der Waals surface area contributed by atoms with Crippen molar-refractivity contribution in [3.8, 4) is 22.6 Å². The largest absolute Gasteiger partial charge is 0.391 e. The van der Waals surface area contributed by atoms with E-state index in [1.807, 2.05) is 49.5 Å². The number of nitrogens with zero attached hydrogens (tertiary/aromatic N) is 6. The lowest BCUT2D eigenvalue weighted by molar-refractivity contribution is -0.000932. The molecule has 0 saturated carbocycles. The summed E-state index contributed by atoms with van der Waals surface area (Å²) in [6, 6.07) is 18.2. The number of benzene rings is 1. The van der Waals surface area contributed by atoms with Crippen molar-refractivity contribution < 1.29 is 5.11 Å². The maximum absolute atomic E-state index is 11.2. The molecule has 2 N–H and O–H groups in total. The van der Waals surface area contributed by atoms with Crippen molar-refractivity contribution in [3.05, 3.63) is 89.8 Å². The zero-order valence-corrected chi connectivity index (χ0v) is 21.6. The van der Waals surface area contributed by atoms with Crippen LogP contribution >= 0.6 is 0 Å². The van der Waals surface area contributed by atoms with Gasteiger partial charge >= 0.3 is 0 Å². The van der Waals surface area contributed by atoms with Gasteiger partial charge in [0.1, 0.15) is 17.8 Å². The number of imidazole rings is 1. The molecule has 4 aromatic heterocycles. The third kappa shape index (κ3) is 4.32. The number of hydrogen-bond donors (Lipinski definition) is 2. The van der Waals surface area contributed by atoms with Crippen LogP contribution in [0.15, 0.2) is 67.1 Å². The van der Waals surface area contributed by atoms with Gasteiger partial charge in [-0.2, -0.15) is 5.10 Å². The second-order valence-electron chi connectivity index (χ2n) is 10.8. The number of aromatic amines is 1.